The van der Waals surface area contributed by atoms with Crippen LogP contribution in [0, 0.1) is 5.82 Å². The second-order valence-corrected chi connectivity index (χ2v) is 4.37. The van der Waals surface area contributed by atoms with E-state index < -0.39 is 23.7 Å². The normalized spacial score (nSPS) is 12.0. The van der Waals surface area contributed by atoms with Crippen molar-refractivity contribution in [3.05, 3.63) is 29.1 Å². The number of carbonyl (C=O) groups is 2. The van der Waals surface area contributed by atoms with Gasteiger partial charge in [0.15, 0.2) is 0 Å². The zero-order valence-electron chi connectivity index (χ0n) is 10.7. The second kappa shape index (κ2) is 5.66. The molecule has 1 aromatic rings. The summed E-state index contributed by atoms with van der Waals surface area (Å²) < 4.78 is 13.5. The van der Waals surface area contributed by atoms with Crippen LogP contribution in [0.3, 0.4) is 0 Å². The van der Waals surface area contributed by atoms with Crippen molar-refractivity contribution in [2.75, 3.05) is 19.8 Å². The number of anilines is 1. The van der Waals surface area contributed by atoms with Gasteiger partial charge in [-0.25, -0.2) is 4.39 Å². The first-order valence-corrected chi connectivity index (χ1v) is 5.52. The first-order chi connectivity index (χ1) is 8.73. The van der Waals surface area contributed by atoms with Crippen molar-refractivity contribution < 1.29 is 19.1 Å². The van der Waals surface area contributed by atoms with Gasteiger partial charge in [0.05, 0.1) is 5.56 Å². The molecule has 0 saturated heterocycles. The first-order valence-electron chi connectivity index (χ1n) is 5.52. The van der Waals surface area contributed by atoms with E-state index >= 15 is 0 Å². The van der Waals surface area contributed by atoms with Gasteiger partial charge in [-0.2, -0.15) is 0 Å². The molecule has 0 spiro atoms. The lowest BCUT2D eigenvalue weighted by molar-refractivity contribution is -0.138. The Morgan fingerprint density at radius 3 is 2.47 bits per heavy atom. The fraction of sp³-hybridized carbons (Fsp3) is 0.333. The van der Waals surface area contributed by atoms with Crippen LogP contribution in [-0.4, -0.2) is 42.0 Å². The van der Waals surface area contributed by atoms with E-state index in [1.807, 2.05) is 0 Å². The number of carbonyl (C=O) groups excluding carboxylic acids is 1. The quantitative estimate of drug-likeness (QED) is 0.670. The fourth-order valence-electron chi connectivity index (χ4n) is 1.59. The lowest BCUT2D eigenvalue weighted by atomic mass is 10.00. The van der Waals surface area contributed by atoms with Gasteiger partial charge in [0.2, 0.25) is 0 Å². The van der Waals surface area contributed by atoms with Gasteiger partial charge in [0, 0.05) is 26.2 Å². The number of hydrogen-bond acceptors (Lipinski definition) is 4. The van der Waals surface area contributed by atoms with E-state index in [0.717, 1.165) is 12.1 Å². The first kappa shape index (κ1) is 14.9. The molecule has 5 N–H and O–H groups in total. The predicted molar refractivity (Wildman–Crippen MR) is 68.1 cm³/mol. The Morgan fingerprint density at radius 2 is 2.00 bits per heavy atom. The molecule has 1 aromatic carbocycles. The van der Waals surface area contributed by atoms with Crippen LogP contribution in [0.5, 0.6) is 0 Å². The highest BCUT2D eigenvalue weighted by Gasteiger charge is 2.20. The van der Waals surface area contributed by atoms with Crippen LogP contribution < -0.4 is 11.5 Å². The highest BCUT2D eigenvalue weighted by atomic mass is 19.1. The van der Waals surface area contributed by atoms with Gasteiger partial charge >= 0.3 is 5.97 Å². The minimum absolute atomic E-state index is 0.00223. The van der Waals surface area contributed by atoms with Gasteiger partial charge < -0.3 is 21.5 Å². The van der Waals surface area contributed by atoms with Crippen LogP contribution in [0.2, 0.25) is 0 Å². The number of amides is 1. The summed E-state index contributed by atoms with van der Waals surface area (Å²) in [5.74, 6) is -2.33. The Hall–Kier alpha value is -2.15. The molecular weight excluding hydrogens is 253 g/mol. The zero-order chi connectivity index (χ0) is 14.7. The fourth-order valence-corrected chi connectivity index (χ4v) is 1.59. The summed E-state index contributed by atoms with van der Waals surface area (Å²) in [6, 6.07) is 0.907. The zero-order valence-corrected chi connectivity index (χ0v) is 10.7. The molecule has 0 aliphatic carbocycles. The maximum absolute atomic E-state index is 13.5. The molecular formula is C12H16FN3O3. The number of benzene rings is 1. The average molecular weight is 269 g/mol. The molecule has 0 radical (unpaired) electrons. The monoisotopic (exact) mass is 269 g/mol. The molecule has 7 heteroatoms. The highest BCUT2D eigenvalue weighted by molar-refractivity contribution is 5.99. The standard InChI is InChI=1S/C12H16FN3O3/c1-16(2)11(17)8-5-7(13)3-6(10(8)15)4-9(14)12(18)19/h3,5,9H,4,14-15H2,1-2H3,(H,18,19). The van der Waals surface area contributed by atoms with Crippen LogP contribution in [0.4, 0.5) is 10.1 Å². The van der Waals surface area contributed by atoms with Crippen LogP contribution in [0.25, 0.3) is 0 Å². The Labute approximate surface area is 109 Å². The van der Waals surface area contributed by atoms with Crippen molar-refractivity contribution in [2.24, 2.45) is 5.73 Å². The maximum atomic E-state index is 13.5. The topological polar surface area (TPSA) is 110 Å². The van der Waals surface area contributed by atoms with Crippen LogP contribution in [-0.2, 0) is 11.2 Å². The van der Waals surface area contributed by atoms with Gasteiger partial charge in [0.25, 0.3) is 5.91 Å². The van der Waals surface area contributed by atoms with Crippen molar-refractivity contribution in [1.29, 1.82) is 0 Å². The minimum atomic E-state index is -1.22. The summed E-state index contributed by atoms with van der Waals surface area (Å²) in [4.78, 5) is 23.8. The number of hydrogen-bond donors (Lipinski definition) is 3. The summed E-state index contributed by atoms with van der Waals surface area (Å²) in [6.07, 6.45) is -0.146. The molecule has 0 aliphatic heterocycles. The molecule has 0 heterocycles. The molecule has 6 nitrogen and oxygen atoms in total. The summed E-state index contributed by atoms with van der Waals surface area (Å²) in [6.45, 7) is 0. The van der Waals surface area contributed by atoms with E-state index in [9.17, 15) is 14.0 Å². The van der Waals surface area contributed by atoms with E-state index in [0.29, 0.717) is 0 Å². The Bertz CT molecular complexity index is 517. The van der Waals surface area contributed by atoms with E-state index in [1.54, 1.807) is 0 Å². The van der Waals surface area contributed by atoms with E-state index in [4.69, 9.17) is 16.6 Å². The Kier molecular flexibility index (Phi) is 4.44. The summed E-state index contributed by atoms with van der Waals surface area (Å²) in [5.41, 5.74) is 11.4. The molecule has 0 fully saturated rings. The van der Waals surface area contributed by atoms with Crippen molar-refractivity contribution in [2.45, 2.75) is 12.5 Å². The summed E-state index contributed by atoms with van der Waals surface area (Å²) in [7, 11) is 3.02. The van der Waals surface area contributed by atoms with E-state index in [1.165, 1.54) is 19.0 Å². The SMILES string of the molecule is CN(C)C(=O)c1cc(F)cc(CC(N)C(=O)O)c1N. The maximum Gasteiger partial charge on any atom is 0.320 e. The van der Waals surface area contributed by atoms with E-state index in [2.05, 4.69) is 0 Å². The molecule has 0 aliphatic rings. The highest BCUT2D eigenvalue weighted by Crippen LogP contribution is 2.22. The predicted octanol–water partition coefficient (Wildman–Crippen LogP) is 0.0641. The van der Waals surface area contributed by atoms with Crippen LogP contribution >= 0.6 is 0 Å². The van der Waals surface area contributed by atoms with Gasteiger partial charge in [-0.15, -0.1) is 0 Å². The van der Waals surface area contributed by atoms with Crippen molar-refractivity contribution in [3.63, 3.8) is 0 Å². The average Bonchev–Trinajstić information content (AvgIpc) is 2.31. The number of halogens is 1. The summed E-state index contributed by atoms with van der Waals surface area (Å²) in [5, 5.41) is 8.74. The largest absolute Gasteiger partial charge is 0.480 e. The Morgan fingerprint density at radius 1 is 1.42 bits per heavy atom. The number of nitrogens with zero attached hydrogens (tertiary/aromatic N) is 1. The number of rotatable bonds is 4. The van der Waals surface area contributed by atoms with Crippen molar-refractivity contribution in [1.82, 2.24) is 4.90 Å². The molecule has 0 saturated carbocycles. The van der Waals surface area contributed by atoms with Gasteiger partial charge in [-0.3, -0.25) is 9.59 Å². The molecule has 0 bridgehead atoms. The van der Waals surface area contributed by atoms with Crippen LogP contribution in [0.1, 0.15) is 15.9 Å². The lowest BCUT2D eigenvalue weighted by Gasteiger charge is -2.16. The number of nitrogen functional groups attached to an aromatic ring is 1. The molecule has 104 valence electrons. The summed E-state index contributed by atoms with van der Waals surface area (Å²) >= 11 is 0. The second-order valence-electron chi connectivity index (χ2n) is 4.37. The molecule has 19 heavy (non-hydrogen) atoms. The van der Waals surface area contributed by atoms with Crippen molar-refractivity contribution in [3.8, 4) is 0 Å². The molecule has 1 unspecified atom stereocenters. The third-order valence-corrected chi connectivity index (χ3v) is 2.62. The van der Waals surface area contributed by atoms with Gasteiger partial charge in [-0.05, 0) is 17.7 Å². The number of aliphatic carboxylic acids is 1. The third kappa shape index (κ3) is 3.41. The van der Waals surface area contributed by atoms with Gasteiger partial charge in [0.1, 0.15) is 11.9 Å². The number of carboxylic acid groups (broad SMARTS) is 1. The molecule has 1 rings (SSSR count). The molecule has 1 atom stereocenters. The smallest absolute Gasteiger partial charge is 0.320 e. The van der Waals surface area contributed by atoms with Gasteiger partial charge in [-0.1, -0.05) is 0 Å². The minimum Gasteiger partial charge on any atom is -0.480 e. The van der Waals surface area contributed by atoms with E-state index in [-0.39, 0.29) is 23.2 Å². The van der Waals surface area contributed by atoms with Crippen molar-refractivity contribution >= 4 is 17.6 Å². The lowest BCUT2D eigenvalue weighted by Crippen LogP contribution is -2.33. The molecule has 0 aromatic heterocycles. The number of carboxylic acids is 1. The van der Waals surface area contributed by atoms with Crippen LogP contribution in [0.15, 0.2) is 12.1 Å². The number of nitrogens with two attached hydrogens (primary N) is 2. The third-order valence-electron chi connectivity index (χ3n) is 2.62. The Balaban J connectivity index is 3.20. The molecule has 1 amide bonds.